The van der Waals surface area contributed by atoms with E-state index in [0.717, 1.165) is 9.35 Å². The second-order valence-corrected chi connectivity index (χ2v) is 6.12. The molecule has 90 valence electrons. The number of hydrogen-bond donors (Lipinski definition) is 2. The average molecular weight is 260 g/mol. The van der Waals surface area contributed by atoms with Gasteiger partial charge in [-0.05, 0) is 6.92 Å². The molecule has 0 fully saturated rings. The van der Waals surface area contributed by atoms with E-state index in [1.807, 2.05) is 20.8 Å². The molecular formula is C9H16N4OS2. The number of amides is 1. The van der Waals surface area contributed by atoms with Crippen molar-refractivity contribution >= 4 is 29.0 Å². The number of carbonyl (C=O) groups is 1. The molecule has 0 aliphatic heterocycles. The first kappa shape index (κ1) is 13.4. The van der Waals surface area contributed by atoms with E-state index in [1.54, 1.807) is 0 Å². The maximum Gasteiger partial charge on any atom is 0.235 e. The number of aryl methyl sites for hydroxylation is 1. The topological polar surface area (TPSA) is 80.9 Å². The molecule has 0 spiro atoms. The maximum atomic E-state index is 11.2. The van der Waals surface area contributed by atoms with Gasteiger partial charge in [0.25, 0.3) is 0 Å². The van der Waals surface area contributed by atoms with Gasteiger partial charge < -0.3 is 11.1 Å². The fourth-order valence-electron chi connectivity index (χ4n) is 1.11. The molecule has 1 unspecified atom stereocenters. The Morgan fingerprint density at radius 3 is 2.69 bits per heavy atom. The first-order valence-corrected chi connectivity index (χ1v) is 6.77. The van der Waals surface area contributed by atoms with Gasteiger partial charge in [-0.1, -0.05) is 36.9 Å². The fourth-order valence-corrected chi connectivity index (χ4v) is 2.99. The molecule has 0 radical (unpaired) electrons. The fraction of sp³-hybridized carbons (Fsp3) is 0.667. The van der Waals surface area contributed by atoms with Crippen molar-refractivity contribution in [3.8, 4) is 0 Å². The van der Waals surface area contributed by atoms with E-state index in [0.29, 0.717) is 5.75 Å². The third-order valence-corrected chi connectivity index (χ3v) is 3.82. The monoisotopic (exact) mass is 260 g/mol. The highest BCUT2D eigenvalue weighted by Gasteiger charge is 2.17. The van der Waals surface area contributed by atoms with Crippen LogP contribution in [0.2, 0.25) is 0 Å². The number of rotatable bonds is 6. The molecule has 0 saturated heterocycles. The van der Waals surface area contributed by atoms with Crippen molar-refractivity contribution in [3.63, 3.8) is 0 Å². The minimum absolute atomic E-state index is 0.231. The second-order valence-electron chi connectivity index (χ2n) is 3.67. The zero-order valence-electron chi connectivity index (χ0n) is 9.56. The molecule has 0 saturated carbocycles. The van der Waals surface area contributed by atoms with Crippen LogP contribution in [0, 0.1) is 6.92 Å². The van der Waals surface area contributed by atoms with E-state index in [1.165, 1.54) is 23.1 Å². The van der Waals surface area contributed by atoms with Gasteiger partial charge in [-0.25, -0.2) is 0 Å². The van der Waals surface area contributed by atoms with Crippen LogP contribution in [-0.2, 0) is 4.79 Å². The minimum atomic E-state index is -0.331. The van der Waals surface area contributed by atoms with Crippen LogP contribution in [-0.4, -0.2) is 33.9 Å². The highest BCUT2D eigenvalue weighted by Crippen LogP contribution is 2.22. The number of nitrogens with zero attached hydrogens (tertiary/aromatic N) is 2. The Morgan fingerprint density at radius 2 is 2.25 bits per heavy atom. The quantitative estimate of drug-likeness (QED) is 0.739. The molecule has 1 amide bonds. The zero-order chi connectivity index (χ0) is 12.1. The lowest BCUT2D eigenvalue weighted by atomic mass is 10.3. The molecule has 3 N–H and O–H groups in total. The molecule has 0 aliphatic rings. The van der Waals surface area contributed by atoms with Crippen molar-refractivity contribution in [2.24, 2.45) is 5.73 Å². The summed E-state index contributed by atoms with van der Waals surface area (Å²) < 4.78 is 0.870. The average Bonchev–Trinajstić information content (AvgIpc) is 2.58. The smallest absolute Gasteiger partial charge is 0.235 e. The van der Waals surface area contributed by atoms with Crippen molar-refractivity contribution in [2.45, 2.75) is 37.2 Å². The number of primary amides is 1. The number of hydrogen-bond acceptors (Lipinski definition) is 6. The van der Waals surface area contributed by atoms with E-state index in [9.17, 15) is 4.79 Å². The molecule has 1 aromatic heterocycles. The first-order valence-electron chi connectivity index (χ1n) is 4.97. The maximum absolute atomic E-state index is 11.2. The Kier molecular flexibility index (Phi) is 5.17. The Labute approximate surface area is 103 Å². The predicted molar refractivity (Wildman–Crippen MR) is 66.6 cm³/mol. The van der Waals surface area contributed by atoms with Crippen molar-refractivity contribution in [1.29, 1.82) is 0 Å². The summed E-state index contributed by atoms with van der Waals surface area (Å²) in [5.41, 5.74) is 5.31. The van der Waals surface area contributed by atoms with Gasteiger partial charge in [0.1, 0.15) is 5.01 Å². The Morgan fingerprint density at radius 1 is 1.56 bits per heavy atom. The van der Waals surface area contributed by atoms with E-state index >= 15 is 0 Å². The summed E-state index contributed by atoms with van der Waals surface area (Å²) in [4.78, 5) is 11.2. The van der Waals surface area contributed by atoms with Crippen LogP contribution in [0.25, 0.3) is 0 Å². The molecule has 0 aromatic carbocycles. The van der Waals surface area contributed by atoms with Crippen LogP contribution in [0.4, 0.5) is 0 Å². The van der Waals surface area contributed by atoms with Crippen LogP contribution in [0.1, 0.15) is 18.9 Å². The summed E-state index contributed by atoms with van der Waals surface area (Å²) in [7, 11) is 0. The van der Waals surface area contributed by atoms with Crippen molar-refractivity contribution in [1.82, 2.24) is 15.5 Å². The molecular weight excluding hydrogens is 244 g/mol. The highest BCUT2D eigenvalue weighted by atomic mass is 32.2. The number of nitrogens with one attached hydrogen (secondary N) is 1. The molecule has 1 heterocycles. The molecule has 0 aliphatic carbocycles. The van der Waals surface area contributed by atoms with Crippen molar-refractivity contribution < 1.29 is 4.79 Å². The number of carbonyl (C=O) groups excluding carboxylic acids is 1. The van der Waals surface area contributed by atoms with Gasteiger partial charge in [-0.2, -0.15) is 0 Å². The lowest BCUT2D eigenvalue weighted by Crippen LogP contribution is -2.46. The summed E-state index contributed by atoms with van der Waals surface area (Å²) in [5, 5.41) is 11.9. The zero-order valence-corrected chi connectivity index (χ0v) is 11.2. The van der Waals surface area contributed by atoms with Gasteiger partial charge >= 0.3 is 0 Å². The van der Waals surface area contributed by atoms with Crippen molar-refractivity contribution in [2.75, 3.05) is 5.75 Å². The number of thioether (sulfide) groups is 1. The third-order valence-electron chi connectivity index (χ3n) is 1.76. The summed E-state index contributed by atoms with van der Waals surface area (Å²) in [6.07, 6.45) is 0. The van der Waals surface area contributed by atoms with Gasteiger partial charge in [-0.3, -0.25) is 4.79 Å². The molecule has 5 nitrogen and oxygen atoms in total. The first-order chi connectivity index (χ1) is 7.49. The number of nitrogens with two attached hydrogens (primary N) is 1. The normalized spacial score (nSPS) is 13.0. The Hall–Kier alpha value is -0.660. The molecule has 16 heavy (non-hydrogen) atoms. The van der Waals surface area contributed by atoms with Gasteiger partial charge in [0, 0.05) is 11.8 Å². The van der Waals surface area contributed by atoms with E-state index in [4.69, 9.17) is 5.73 Å². The number of aromatic nitrogens is 2. The van der Waals surface area contributed by atoms with Crippen LogP contribution in [0.3, 0.4) is 0 Å². The minimum Gasteiger partial charge on any atom is -0.368 e. The largest absolute Gasteiger partial charge is 0.368 e. The summed E-state index contributed by atoms with van der Waals surface area (Å²) in [6.45, 7) is 5.87. The third kappa shape index (κ3) is 4.46. The van der Waals surface area contributed by atoms with E-state index in [2.05, 4.69) is 15.5 Å². The standard InChI is InChI=1S/C9H16N4OS2/c1-5(2)11-7(8(10)14)4-15-9-13-12-6(3)16-9/h5,7,11H,4H2,1-3H3,(H2,10,14). The van der Waals surface area contributed by atoms with Crippen molar-refractivity contribution in [3.05, 3.63) is 5.01 Å². The van der Waals surface area contributed by atoms with Gasteiger partial charge in [0.2, 0.25) is 5.91 Å². The molecule has 7 heteroatoms. The van der Waals surface area contributed by atoms with Gasteiger partial charge in [0.05, 0.1) is 6.04 Å². The van der Waals surface area contributed by atoms with E-state index in [-0.39, 0.29) is 18.0 Å². The Balaban J connectivity index is 2.46. The summed E-state index contributed by atoms with van der Waals surface area (Å²) in [5.74, 6) is 0.254. The second kappa shape index (κ2) is 6.17. The molecule has 1 atom stereocenters. The predicted octanol–water partition coefficient (Wildman–Crippen LogP) is 0.791. The summed E-state index contributed by atoms with van der Waals surface area (Å²) in [6, 6.07) is -0.0940. The molecule has 0 bridgehead atoms. The lowest BCUT2D eigenvalue weighted by Gasteiger charge is -2.16. The van der Waals surface area contributed by atoms with Crippen LogP contribution >= 0.6 is 23.1 Å². The van der Waals surface area contributed by atoms with Crippen LogP contribution in [0.5, 0.6) is 0 Å². The van der Waals surface area contributed by atoms with Crippen LogP contribution in [0.15, 0.2) is 4.34 Å². The molecule has 1 rings (SSSR count). The van der Waals surface area contributed by atoms with Gasteiger partial charge in [0.15, 0.2) is 4.34 Å². The van der Waals surface area contributed by atoms with Gasteiger partial charge in [-0.15, -0.1) is 10.2 Å². The van der Waals surface area contributed by atoms with E-state index < -0.39 is 0 Å². The Bertz CT molecular complexity index is 353. The lowest BCUT2D eigenvalue weighted by molar-refractivity contribution is -0.119. The highest BCUT2D eigenvalue weighted by molar-refractivity contribution is 8.01. The SMILES string of the molecule is Cc1nnc(SCC(NC(C)C)C(N)=O)s1. The molecule has 1 aromatic rings. The summed E-state index contributed by atoms with van der Waals surface area (Å²) >= 11 is 3.02. The van der Waals surface area contributed by atoms with Crippen LogP contribution < -0.4 is 11.1 Å².